The van der Waals surface area contributed by atoms with Crippen LogP contribution in [-0.4, -0.2) is 31.7 Å². The molecule has 0 spiro atoms. The van der Waals surface area contributed by atoms with Crippen molar-refractivity contribution >= 4 is 5.78 Å². The second-order valence-corrected chi connectivity index (χ2v) is 9.23. The Morgan fingerprint density at radius 2 is 2.11 bits per heavy atom. The molecule has 4 aliphatic rings. The van der Waals surface area contributed by atoms with Gasteiger partial charge in [0, 0.05) is 19.4 Å². The highest BCUT2D eigenvalue weighted by molar-refractivity contribution is 5.96. The minimum atomic E-state index is -0.339. The van der Waals surface area contributed by atoms with E-state index in [1.807, 2.05) is 13.0 Å². The molecular weight excluding hydrogens is 350 g/mol. The van der Waals surface area contributed by atoms with Crippen LogP contribution in [0.3, 0.4) is 0 Å². The third-order valence-electron chi connectivity index (χ3n) is 8.08. The lowest BCUT2D eigenvalue weighted by Gasteiger charge is -2.49. The maximum atomic E-state index is 12.5. The summed E-state index contributed by atoms with van der Waals surface area (Å²) < 4.78 is 11.2. The van der Waals surface area contributed by atoms with Crippen LogP contribution in [0.25, 0.3) is 0 Å². The van der Waals surface area contributed by atoms with Gasteiger partial charge in [0.1, 0.15) is 6.10 Å². The van der Waals surface area contributed by atoms with E-state index in [0.717, 1.165) is 19.3 Å². The molecule has 0 radical (unpaired) electrons. The van der Waals surface area contributed by atoms with Gasteiger partial charge in [-0.25, -0.2) is 0 Å². The average molecular weight is 384 g/mol. The summed E-state index contributed by atoms with van der Waals surface area (Å²) in [4.78, 5) is 12.5. The lowest BCUT2D eigenvalue weighted by atomic mass is 9.55. The second-order valence-electron chi connectivity index (χ2n) is 9.23. The van der Waals surface area contributed by atoms with Gasteiger partial charge in [0.25, 0.3) is 0 Å². The van der Waals surface area contributed by atoms with E-state index < -0.39 is 0 Å². The number of ether oxygens (including phenoxy) is 2. The molecule has 4 nitrogen and oxygen atoms in total. The Balaban J connectivity index is 1.54. The van der Waals surface area contributed by atoms with E-state index in [0.29, 0.717) is 49.4 Å². The van der Waals surface area contributed by atoms with Gasteiger partial charge in [-0.15, -0.1) is 0 Å². The van der Waals surface area contributed by atoms with Crippen molar-refractivity contribution in [2.45, 2.75) is 71.3 Å². The van der Waals surface area contributed by atoms with Gasteiger partial charge in [-0.05, 0) is 85.8 Å². The van der Waals surface area contributed by atoms with E-state index in [2.05, 4.69) is 13.0 Å². The molecule has 1 unspecified atom stereocenters. The zero-order valence-corrected chi connectivity index (χ0v) is 17.3. The van der Waals surface area contributed by atoms with Crippen LogP contribution in [0.1, 0.15) is 65.2 Å². The number of fused-ring (bicyclic) bond motifs is 4. The highest BCUT2D eigenvalue weighted by Crippen LogP contribution is 2.62. The van der Waals surface area contributed by atoms with E-state index in [-0.39, 0.29) is 11.9 Å². The molecule has 0 aromatic heterocycles. The number of nitrogens with zero attached hydrogens (tertiary/aromatic N) is 1. The monoisotopic (exact) mass is 383 g/mol. The van der Waals surface area contributed by atoms with Gasteiger partial charge in [-0.2, -0.15) is 5.26 Å². The summed E-state index contributed by atoms with van der Waals surface area (Å²) in [5.41, 5.74) is 4.64. The highest BCUT2D eigenvalue weighted by atomic mass is 16.5. The number of nitriles is 1. The number of carbonyl (C=O) groups excluding carboxylic acids is 1. The summed E-state index contributed by atoms with van der Waals surface area (Å²) in [6.07, 6.45) is 9.97. The Kier molecular flexibility index (Phi) is 5.76. The molecule has 2 saturated carbocycles. The summed E-state index contributed by atoms with van der Waals surface area (Å²) in [6, 6.07) is 2.44. The molecule has 0 amide bonds. The van der Waals surface area contributed by atoms with Crippen molar-refractivity contribution in [1.29, 1.82) is 5.26 Å². The minimum absolute atomic E-state index is 0.130. The molecule has 152 valence electrons. The number of hydrogen-bond acceptors (Lipinski definition) is 4. The van der Waals surface area contributed by atoms with Crippen LogP contribution in [-0.2, 0) is 14.3 Å². The molecule has 5 atom stereocenters. The minimum Gasteiger partial charge on any atom is -0.379 e. The van der Waals surface area contributed by atoms with Gasteiger partial charge in [-0.3, -0.25) is 4.79 Å². The van der Waals surface area contributed by atoms with E-state index >= 15 is 0 Å². The number of hydrogen-bond donors (Lipinski definition) is 0. The largest absolute Gasteiger partial charge is 0.379 e. The Labute approximate surface area is 169 Å². The Morgan fingerprint density at radius 1 is 1.25 bits per heavy atom. The lowest BCUT2D eigenvalue weighted by Crippen LogP contribution is -2.41. The van der Waals surface area contributed by atoms with Crippen LogP contribution in [0.5, 0.6) is 0 Å². The van der Waals surface area contributed by atoms with Gasteiger partial charge in [0.05, 0.1) is 19.3 Å². The van der Waals surface area contributed by atoms with E-state index in [9.17, 15) is 10.1 Å². The first-order valence-corrected chi connectivity index (χ1v) is 11.1. The second kappa shape index (κ2) is 8.13. The van der Waals surface area contributed by atoms with Crippen LogP contribution in [0.2, 0.25) is 0 Å². The van der Waals surface area contributed by atoms with E-state index in [1.165, 1.54) is 36.8 Å². The summed E-state index contributed by atoms with van der Waals surface area (Å²) in [7, 11) is 0. The van der Waals surface area contributed by atoms with Crippen LogP contribution in [0.4, 0.5) is 0 Å². The molecule has 0 heterocycles. The first-order chi connectivity index (χ1) is 13.6. The highest BCUT2D eigenvalue weighted by Gasteiger charge is 2.53. The fourth-order valence-electron chi connectivity index (χ4n) is 6.60. The quantitative estimate of drug-likeness (QED) is 0.621. The number of rotatable bonds is 6. The third-order valence-corrected chi connectivity index (χ3v) is 8.08. The fraction of sp³-hybridized carbons (Fsp3) is 0.750. The zero-order valence-electron chi connectivity index (χ0n) is 17.3. The van der Waals surface area contributed by atoms with Crippen LogP contribution >= 0.6 is 0 Å². The van der Waals surface area contributed by atoms with Gasteiger partial charge in [0.15, 0.2) is 5.78 Å². The molecule has 0 saturated heterocycles. The van der Waals surface area contributed by atoms with Crippen molar-refractivity contribution < 1.29 is 14.3 Å². The zero-order chi connectivity index (χ0) is 19.7. The van der Waals surface area contributed by atoms with Crippen molar-refractivity contribution in [3.05, 3.63) is 22.8 Å². The van der Waals surface area contributed by atoms with E-state index in [4.69, 9.17) is 9.47 Å². The predicted octanol–water partition coefficient (Wildman–Crippen LogP) is 4.75. The molecule has 4 heteroatoms. The topological polar surface area (TPSA) is 59.3 Å². The first-order valence-electron chi connectivity index (χ1n) is 11.1. The number of ketones is 1. The summed E-state index contributed by atoms with van der Waals surface area (Å²) in [5, 5.41) is 9.26. The lowest BCUT2D eigenvalue weighted by molar-refractivity contribution is -0.127. The van der Waals surface area contributed by atoms with Crippen molar-refractivity contribution in [2.24, 2.45) is 23.2 Å². The first kappa shape index (κ1) is 19.9. The molecule has 4 aliphatic carbocycles. The fourth-order valence-corrected chi connectivity index (χ4v) is 6.60. The SMILES string of the molecule is CCOCCOC1CC2=C3CC[C@]4(C)[C@H](CC#N)CC[C@H]4[C@@H]3CCC2=CC1=O. The molecule has 0 bridgehead atoms. The van der Waals surface area contributed by atoms with Crippen LogP contribution in [0.15, 0.2) is 22.8 Å². The molecule has 2 fully saturated rings. The summed E-state index contributed by atoms with van der Waals surface area (Å²) >= 11 is 0. The van der Waals surface area contributed by atoms with Crippen LogP contribution < -0.4 is 0 Å². The molecule has 0 aromatic rings. The summed E-state index contributed by atoms with van der Waals surface area (Å²) in [6.45, 7) is 6.12. The maximum absolute atomic E-state index is 12.5. The van der Waals surface area contributed by atoms with Crippen molar-refractivity contribution in [1.82, 2.24) is 0 Å². The Hall–Kier alpha value is -1.44. The smallest absolute Gasteiger partial charge is 0.184 e. The van der Waals surface area contributed by atoms with Crippen molar-refractivity contribution in [3.8, 4) is 6.07 Å². The van der Waals surface area contributed by atoms with Crippen molar-refractivity contribution in [3.63, 3.8) is 0 Å². The molecule has 0 N–H and O–H groups in total. The average Bonchev–Trinajstić information content (AvgIpc) is 3.02. The molecule has 0 aliphatic heterocycles. The number of allylic oxidation sites excluding steroid dienone is 2. The predicted molar refractivity (Wildman–Crippen MR) is 107 cm³/mol. The van der Waals surface area contributed by atoms with Crippen LogP contribution in [0, 0.1) is 34.5 Å². The number of carbonyl (C=O) groups is 1. The molecular formula is C24H33NO3. The standard InChI is InChI=1S/C24H33NO3/c1-3-27-12-13-28-23-15-20-16(14-22(23)26)4-6-19-18(20)8-10-24(2)17(9-11-25)5-7-21(19)24/h14,17,19,21,23H,3-10,12-13,15H2,1-2H3/t17-,19+,21-,23?,24+/m0/s1. The van der Waals surface area contributed by atoms with Gasteiger partial charge < -0.3 is 9.47 Å². The van der Waals surface area contributed by atoms with Crippen molar-refractivity contribution in [2.75, 3.05) is 19.8 Å². The normalized spacial score (nSPS) is 37.0. The molecule has 28 heavy (non-hydrogen) atoms. The maximum Gasteiger partial charge on any atom is 0.184 e. The summed E-state index contributed by atoms with van der Waals surface area (Å²) in [5.74, 6) is 2.05. The van der Waals surface area contributed by atoms with Gasteiger partial charge in [-0.1, -0.05) is 12.5 Å². The Morgan fingerprint density at radius 3 is 2.89 bits per heavy atom. The van der Waals surface area contributed by atoms with Gasteiger partial charge >= 0.3 is 0 Å². The third kappa shape index (κ3) is 3.37. The molecule has 0 aromatic carbocycles. The Bertz CT molecular complexity index is 731. The van der Waals surface area contributed by atoms with Gasteiger partial charge in [0.2, 0.25) is 0 Å². The molecule has 4 rings (SSSR count). The van der Waals surface area contributed by atoms with E-state index in [1.54, 1.807) is 5.57 Å².